The van der Waals surface area contributed by atoms with Gasteiger partial charge in [0.25, 0.3) is 0 Å². The molecule has 0 spiro atoms. The Bertz CT molecular complexity index is 1680. The number of Topliss-reactive ketones (excluding diaryl/α,β-unsaturated/α-hetero) is 1. The summed E-state index contributed by atoms with van der Waals surface area (Å²) in [6, 6.07) is 20.9. The van der Waals surface area contributed by atoms with E-state index in [1.165, 1.54) is 28.1 Å². The average molecular weight is 619 g/mol. The molecule has 3 aromatic rings. The van der Waals surface area contributed by atoms with Crippen LogP contribution in [0.4, 0.5) is 4.39 Å². The average Bonchev–Trinajstić information content (AvgIpc) is 3.87. The molecule has 3 aromatic carbocycles. The van der Waals surface area contributed by atoms with E-state index in [1.807, 2.05) is 60.7 Å². The van der Waals surface area contributed by atoms with Crippen LogP contribution in [-0.2, 0) is 12.8 Å². The topological polar surface area (TPSA) is 26.3 Å². The van der Waals surface area contributed by atoms with Gasteiger partial charge in [-0.15, -0.1) is 0 Å². The molecule has 1 fully saturated rings. The number of ketones is 1. The van der Waals surface area contributed by atoms with Crippen LogP contribution in [0.1, 0.15) is 90.9 Å². The quantitative estimate of drug-likeness (QED) is 0.0733. The fraction of sp³-hybridized carbons (Fsp3) is 0.293. The van der Waals surface area contributed by atoms with Gasteiger partial charge in [-0.2, -0.15) is 10.9 Å². The van der Waals surface area contributed by atoms with Crippen molar-refractivity contribution < 1.29 is 13.9 Å². The summed E-state index contributed by atoms with van der Waals surface area (Å²) in [7, 11) is 1.63. The SMILES string of the molecule is C=S=C(CCCc1ccc(OC2=CC=CC(=C)c3cc(C(=O)CCCCC)ccc32)cc1)C1(C(=C)Cc2ccc(F)cc2)CC1. The molecule has 0 amide bonds. The van der Waals surface area contributed by atoms with Gasteiger partial charge in [-0.3, -0.25) is 4.79 Å². The van der Waals surface area contributed by atoms with E-state index >= 15 is 0 Å². The van der Waals surface area contributed by atoms with Crippen molar-refractivity contribution in [1.82, 2.24) is 0 Å². The van der Waals surface area contributed by atoms with Gasteiger partial charge in [0, 0.05) is 23.0 Å². The van der Waals surface area contributed by atoms with Crippen molar-refractivity contribution in [1.29, 1.82) is 0 Å². The number of carbonyl (C=O) groups excluding carboxylic acids is 1. The molecule has 2 aliphatic carbocycles. The fourth-order valence-corrected chi connectivity index (χ4v) is 7.04. The lowest BCUT2D eigenvalue weighted by Crippen LogP contribution is -2.18. The maximum absolute atomic E-state index is 13.4. The second-order valence-electron chi connectivity index (χ2n) is 12.2. The molecule has 2 aliphatic rings. The number of aryl methyl sites for hydroxylation is 1. The Balaban J connectivity index is 1.18. The van der Waals surface area contributed by atoms with E-state index in [-0.39, 0.29) is 17.0 Å². The van der Waals surface area contributed by atoms with Crippen LogP contribution in [0, 0.1) is 11.2 Å². The first-order valence-corrected chi connectivity index (χ1v) is 17.0. The van der Waals surface area contributed by atoms with Crippen molar-refractivity contribution in [2.75, 3.05) is 0 Å². The van der Waals surface area contributed by atoms with Crippen LogP contribution in [0.15, 0.2) is 104 Å². The molecule has 4 heteroatoms. The Morgan fingerprint density at radius 2 is 1.67 bits per heavy atom. The molecule has 0 atom stereocenters. The highest BCUT2D eigenvalue weighted by molar-refractivity contribution is 7.96. The fourth-order valence-electron chi connectivity index (χ4n) is 6.12. The van der Waals surface area contributed by atoms with Crippen molar-refractivity contribution in [3.8, 4) is 5.75 Å². The Kier molecular flexibility index (Phi) is 10.7. The largest absolute Gasteiger partial charge is 0.457 e. The second kappa shape index (κ2) is 14.8. The van der Waals surface area contributed by atoms with Gasteiger partial charge in [0.05, 0.1) is 0 Å². The van der Waals surface area contributed by atoms with E-state index in [4.69, 9.17) is 4.74 Å². The number of allylic oxidation sites excluding steroid dienone is 5. The number of benzene rings is 3. The van der Waals surface area contributed by atoms with Gasteiger partial charge in [0.2, 0.25) is 0 Å². The summed E-state index contributed by atoms with van der Waals surface area (Å²) in [6.45, 7) is 10.8. The zero-order valence-electron chi connectivity index (χ0n) is 26.4. The van der Waals surface area contributed by atoms with Gasteiger partial charge in [-0.25, -0.2) is 4.39 Å². The Labute approximate surface area is 271 Å². The number of halogens is 1. The van der Waals surface area contributed by atoms with Crippen LogP contribution >= 0.6 is 10.9 Å². The van der Waals surface area contributed by atoms with Gasteiger partial charge < -0.3 is 4.74 Å². The summed E-state index contributed by atoms with van der Waals surface area (Å²) in [6.07, 6.45) is 15.5. The van der Waals surface area contributed by atoms with Crippen LogP contribution in [0.5, 0.6) is 5.75 Å². The lowest BCUT2D eigenvalue weighted by atomic mass is 9.86. The molecular weight excluding hydrogens is 576 g/mol. The zero-order valence-corrected chi connectivity index (χ0v) is 27.2. The van der Waals surface area contributed by atoms with E-state index in [9.17, 15) is 9.18 Å². The Morgan fingerprint density at radius 1 is 0.933 bits per heavy atom. The van der Waals surface area contributed by atoms with Gasteiger partial charge in [0.15, 0.2) is 5.78 Å². The number of hydrogen-bond donors (Lipinski definition) is 0. The normalized spacial score (nSPS) is 14.6. The van der Waals surface area contributed by atoms with E-state index in [1.54, 1.807) is 10.9 Å². The first kappa shape index (κ1) is 32.4. The summed E-state index contributed by atoms with van der Waals surface area (Å²) in [5.74, 6) is 5.66. The van der Waals surface area contributed by atoms with Gasteiger partial charge >= 0.3 is 0 Å². The summed E-state index contributed by atoms with van der Waals surface area (Å²) in [5.41, 5.74) is 7.09. The summed E-state index contributed by atoms with van der Waals surface area (Å²) in [4.78, 5) is 14.2. The van der Waals surface area contributed by atoms with Crippen LogP contribution < -0.4 is 4.74 Å². The highest BCUT2D eigenvalue weighted by Gasteiger charge is 2.47. The van der Waals surface area contributed by atoms with Crippen molar-refractivity contribution in [3.63, 3.8) is 0 Å². The molecular formula is C41H43FO2S. The Morgan fingerprint density at radius 3 is 2.36 bits per heavy atom. The molecule has 0 saturated heterocycles. The number of carbonyl (C=O) groups is 1. The minimum atomic E-state index is -0.207. The molecule has 1 saturated carbocycles. The number of ether oxygens (including phenoxy) is 1. The standard InChI is InChI=1S/C41H43FO2S/c1-5-6-7-12-38(43)33-19-24-36-37(28-33)29(2)10-8-13-39(36)44-35-22-17-31(18-23-35)11-9-14-40(45-4)41(25-26-41)30(3)27-32-15-20-34(42)21-16-32/h8,10,13,15-24,28H,2-7,9,11-12,14,25-27H2,1H3. The van der Waals surface area contributed by atoms with Gasteiger partial charge in [-0.05, 0) is 120 Å². The summed E-state index contributed by atoms with van der Waals surface area (Å²) >= 11 is 0. The number of rotatable bonds is 15. The van der Waals surface area contributed by atoms with Crippen LogP contribution in [0.25, 0.3) is 11.3 Å². The molecule has 0 unspecified atom stereocenters. The first-order chi connectivity index (χ1) is 21.8. The molecule has 0 radical (unpaired) electrons. The summed E-state index contributed by atoms with van der Waals surface area (Å²) < 4.78 is 19.7. The highest BCUT2D eigenvalue weighted by atomic mass is 32.1. The molecule has 0 N–H and O–H groups in total. The number of unbranched alkanes of at least 4 members (excludes halogenated alkanes) is 2. The van der Waals surface area contributed by atoms with Gasteiger partial charge in [0.1, 0.15) is 17.3 Å². The summed E-state index contributed by atoms with van der Waals surface area (Å²) in [5, 5.41) is 0. The molecule has 232 valence electrons. The number of hydrogen-bond acceptors (Lipinski definition) is 2. The van der Waals surface area contributed by atoms with E-state index in [0.29, 0.717) is 6.42 Å². The third kappa shape index (κ3) is 7.99. The van der Waals surface area contributed by atoms with Crippen LogP contribution in [-0.4, -0.2) is 16.5 Å². The Hall–Kier alpha value is -4.02. The highest BCUT2D eigenvalue weighted by Crippen LogP contribution is 2.54. The molecule has 0 aliphatic heterocycles. The third-order valence-electron chi connectivity index (χ3n) is 8.99. The zero-order chi connectivity index (χ0) is 31.8. The molecule has 0 bridgehead atoms. The van der Waals surface area contributed by atoms with Crippen molar-refractivity contribution in [2.24, 2.45) is 5.41 Å². The minimum Gasteiger partial charge on any atom is -0.457 e. The van der Waals surface area contributed by atoms with E-state index in [2.05, 4.69) is 38.1 Å². The second-order valence-corrected chi connectivity index (χ2v) is 13.0. The van der Waals surface area contributed by atoms with Crippen molar-refractivity contribution >= 4 is 38.8 Å². The molecule has 5 rings (SSSR count). The monoisotopic (exact) mass is 618 g/mol. The predicted molar refractivity (Wildman–Crippen MR) is 192 cm³/mol. The molecule has 0 aromatic heterocycles. The molecule has 0 heterocycles. The molecule has 45 heavy (non-hydrogen) atoms. The molecule has 2 nitrogen and oxygen atoms in total. The predicted octanol–water partition coefficient (Wildman–Crippen LogP) is 10.8. The third-order valence-corrected chi connectivity index (χ3v) is 9.93. The van der Waals surface area contributed by atoms with Gasteiger partial charge in [-0.1, -0.05) is 81.0 Å². The van der Waals surface area contributed by atoms with E-state index in [0.717, 1.165) is 97.1 Å². The van der Waals surface area contributed by atoms with Crippen molar-refractivity contribution in [3.05, 3.63) is 137 Å². The van der Waals surface area contributed by atoms with Crippen LogP contribution in [0.3, 0.4) is 0 Å². The smallest absolute Gasteiger partial charge is 0.162 e. The number of fused-ring (bicyclic) bond motifs is 1. The lowest BCUT2D eigenvalue weighted by Gasteiger charge is -2.21. The minimum absolute atomic E-state index is 0.0596. The first-order valence-electron chi connectivity index (χ1n) is 16.1. The lowest BCUT2D eigenvalue weighted by molar-refractivity contribution is 0.0979. The maximum atomic E-state index is 13.4. The van der Waals surface area contributed by atoms with E-state index < -0.39 is 0 Å². The van der Waals surface area contributed by atoms with Crippen LogP contribution in [0.2, 0.25) is 0 Å². The maximum Gasteiger partial charge on any atom is 0.162 e. The van der Waals surface area contributed by atoms with Crippen molar-refractivity contribution in [2.45, 2.75) is 71.1 Å².